The Morgan fingerprint density at radius 2 is 2.25 bits per heavy atom. The van der Waals surface area contributed by atoms with Gasteiger partial charge in [0.2, 0.25) is 0 Å². The first-order valence-corrected chi connectivity index (χ1v) is 7.37. The molecule has 0 radical (unpaired) electrons. The minimum atomic E-state index is -0.933. The zero-order chi connectivity index (χ0) is 14.3. The molecule has 2 N–H and O–H groups in total. The van der Waals surface area contributed by atoms with Gasteiger partial charge in [0, 0.05) is 11.4 Å². The Morgan fingerprint density at radius 3 is 2.85 bits per heavy atom. The number of urea groups is 1. The number of nitrogens with zero attached hydrogens (tertiary/aromatic N) is 1. The van der Waals surface area contributed by atoms with Crippen LogP contribution in [0.25, 0.3) is 0 Å². The van der Waals surface area contributed by atoms with Gasteiger partial charge in [0.15, 0.2) is 0 Å². The summed E-state index contributed by atoms with van der Waals surface area (Å²) < 4.78 is 0. The molecule has 0 bridgehead atoms. The van der Waals surface area contributed by atoms with Gasteiger partial charge in [-0.15, -0.1) is 11.3 Å². The van der Waals surface area contributed by atoms with Gasteiger partial charge in [0.05, 0.1) is 11.4 Å². The van der Waals surface area contributed by atoms with E-state index >= 15 is 0 Å². The molecule has 0 unspecified atom stereocenters. The molecule has 0 aromatic carbocycles. The number of hydrogen-bond acceptors (Lipinski definition) is 4. The van der Waals surface area contributed by atoms with Gasteiger partial charge in [-0.3, -0.25) is 14.9 Å². The molecule has 1 aromatic rings. The quantitative estimate of drug-likeness (QED) is 0.789. The Hall–Kier alpha value is -1.89. The molecule has 4 amide bonds. The fourth-order valence-corrected chi connectivity index (χ4v) is 3.55. The van der Waals surface area contributed by atoms with Crippen molar-refractivity contribution in [2.75, 3.05) is 13.1 Å². The number of carbonyl (C=O) groups excluding carboxylic acids is 3. The van der Waals surface area contributed by atoms with Gasteiger partial charge in [-0.05, 0) is 25.0 Å². The van der Waals surface area contributed by atoms with Crippen molar-refractivity contribution in [1.29, 1.82) is 0 Å². The maximum Gasteiger partial charge on any atom is 0.322 e. The lowest BCUT2D eigenvalue weighted by atomic mass is 10.00. The van der Waals surface area contributed by atoms with Gasteiger partial charge in [0.25, 0.3) is 11.8 Å². The first-order valence-electron chi connectivity index (χ1n) is 6.56. The maximum atomic E-state index is 12.4. The molecule has 6 nitrogen and oxygen atoms in total. The van der Waals surface area contributed by atoms with Gasteiger partial charge in [-0.25, -0.2) is 4.79 Å². The van der Waals surface area contributed by atoms with Crippen molar-refractivity contribution in [1.82, 2.24) is 15.5 Å². The largest absolute Gasteiger partial charge is 0.335 e. The van der Waals surface area contributed by atoms with E-state index in [0.717, 1.165) is 11.3 Å². The topological polar surface area (TPSA) is 78.5 Å². The molecule has 2 aliphatic heterocycles. The second kappa shape index (κ2) is 4.59. The van der Waals surface area contributed by atoms with Crippen molar-refractivity contribution < 1.29 is 14.4 Å². The van der Waals surface area contributed by atoms with Crippen LogP contribution in [0.1, 0.15) is 27.9 Å². The molecule has 3 heterocycles. The van der Waals surface area contributed by atoms with Crippen LogP contribution in [0, 0.1) is 0 Å². The molecule has 7 heteroatoms. The summed E-state index contributed by atoms with van der Waals surface area (Å²) >= 11 is 1.48. The molecule has 0 aliphatic carbocycles. The van der Waals surface area contributed by atoms with Crippen LogP contribution in [0.2, 0.25) is 0 Å². The molecule has 1 spiro atoms. The third-order valence-corrected chi connectivity index (χ3v) is 5.01. The number of hydrogen-bond donors (Lipinski definition) is 2. The number of rotatable bonds is 2. The average molecular weight is 293 g/mol. The van der Waals surface area contributed by atoms with E-state index in [4.69, 9.17) is 0 Å². The molecule has 1 atom stereocenters. The number of carbonyl (C=O) groups is 3. The molecule has 3 rings (SSSR count). The van der Waals surface area contributed by atoms with E-state index in [1.54, 1.807) is 4.90 Å². The second-order valence-corrected chi connectivity index (χ2v) is 6.25. The van der Waals surface area contributed by atoms with Crippen LogP contribution in [-0.4, -0.2) is 41.4 Å². The highest BCUT2D eigenvalue weighted by molar-refractivity contribution is 7.14. The highest BCUT2D eigenvalue weighted by Gasteiger charge is 2.51. The van der Waals surface area contributed by atoms with E-state index in [1.165, 1.54) is 11.3 Å². The summed E-state index contributed by atoms with van der Waals surface area (Å²) in [5.41, 5.74) is -0.933. The van der Waals surface area contributed by atoms with Crippen molar-refractivity contribution in [3.8, 4) is 0 Å². The zero-order valence-electron chi connectivity index (χ0n) is 11.1. The van der Waals surface area contributed by atoms with Crippen molar-refractivity contribution in [3.63, 3.8) is 0 Å². The molecule has 0 saturated carbocycles. The SMILES string of the molecule is CCc1ccc(C(=O)N2CC[C@]3(C2)NC(=O)NC3=O)s1. The third kappa shape index (κ3) is 1.98. The Balaban J connectivity index is 1.75. The Kier molecular flexibility index (Phi) is 3.01. The fraction of sp³-hybridized carbons (Fsp3) is 0.462. The number of amides is 4. The molecular weight excluding hydrogens is 278 g/mol. The lowest BCUT2D eigenvalue weighted by Gasteiger charge is -2.20. The Labute approximate surface area is 120 Å². The molecule has 2 saturated heterocycles. The maximum absolute atomic E-state index is 12.4. The van der Waals surface area contributed by atoms with Gasteiger partial charge >= 0.3 is 6.03 Å². The van der Waals surface area contributed by atoms with Crippen LogP contribution in [0.15, 0.2) is 12.1 Å². The summed E-state index contributed by atoms with van der Waals surface area (Å²) in [5, 5.41) is 4.88. The van der Waals surface area contributed by atoms with Crippen LogP contribution in [-0.2, 0) is 11.2 Å². The van der Waals surface area contributed by atoms with E-state index in [9.17, 15) is 14.4 Å². The Morgan fingerprint density at radius 1 is 1.45 bits per heavy atom. The van der Waals surface area contributed by atoms with Crippen molar-refractivity contribution >= 4 is 29.2 Å². The Bertz CT molecular complexity index is 597. The van der Waals surface area contributed by atoms with Gasteiger partial charge in [-0.1, -0.05) is 6.92 Å². The standard InChI is InChI=1S/C13H15N3O3S/c1-2-8-3-4-9(20-8)10(17)16-6-5-13(7-16)11(18)14-12(19)15-13/h3-4H,2,5-7H2,1H3,(H2,14,15,18,19)/t13-/m1/s1. The van der Waals surface area contributed by atoms with Gasteiger partial charge in [0.1, 0.15) is 5.54 Å². The molecule has 106 valence electrons. The number of nitrogens with one attached hydrogen (secondary N) is 2. The third-order valence-electron chi connectivity index (χ3n) is 3.79. The first kappa shape index (κ1) is 13.1. The normalized spacial score (nSPS) is 25.1. The van der Waals surface area contributed by atoms with E-state index in [0.29, 0.717) is 17.8 Å². The minimum absolute atomic E-state index is 0.0690. The van der Waals surface area contributed by atoms with E-state index in [2.05, 4.69) is 10.6 Å². The van der Waals surface area contributed by atoms with Crippen LogP contribution < -0.4 is 10.6 Å². The lowest BCUT2D eigenvalue weighted by molar-refractivity contribution is -0.123. The number of imide groups is 1. The summed E-state index contributed by atoms with van der Waals surface area (Å²) in [6, 6.07) is 3.30. The number of aryl methyl sites for hydroxylation is 1. The predicted octanol–water partition coefficient (Wildman–Crippen LogP) is 0.735. The van der Waals surface area contributed by atoms with E-state index < -0.39 is 11.6 Å². The highest BCUT2D eigenvalue weighted by atomic mass is 32.1. The molecule has 1 aromatic heterocycles. The van der Waals surface area contributed by atoms with Gasteiger partial charge < -0.3 is 10.2 Å². The summed E-state index contributed by atoms with van der Waals surface area (Å²) in [6.07, 6.45) is 1.36. The number of likely N-dealkylation sites (tertiary alicyclic amines) is 1. The van der Waals surface area contributed by atoms with Crippen molar-refractivity contribution in [2.24, 2.45) is 0 Å². The molecule has 2 fully saturated rings. The van der Waals surface area contributed by atoms with Crippen molar-refractivity contribution in [2.45, 2.75) is 25.3 Å². The van der Waals surface area contributed by atoms with Crippen LogP contribution in [0.4, 0.5) is 4.79 Å². The fourth-order valence-electron chi connectivity index (χ4n) is 2.64. The second-order valence-electron chi connectivity index (χ2n) is 5.09. The predicted molar refractivity (Wildman–Crippen MR) is 73.6 cm³/mol. The van der Waals surface area contributed by atoms with Crippen LogP contribution in [0.3, 0.4) is 0 Å². The minimum Gasteiger partial charge on any atom is -0.335 e. The van der Waals surface area contributed by atoms with E-state index in [1.807, 2.05) is 19.1 Å². The van der Waals surface area contributed by atoms with Crippen molar-refractivity contribution in [3.05, 3.63) is 21.9 Å². The summed E-state index contributed by atoms with van der Waals surface area (Å²) in [4.78, 5) is 39.0. The summed E-state index contributed by atoms with van der Waals surface area (Å²) in [7, 11) is 0. The summed E-state index contributed by atoms with van der Waals surface area (Å²) in [5.74, 6) is -0.404. The number of thiophene rings is 1. The molecule has 2 aliphatic rings. The monoisotopic (exact) mass is 293 g/mol. The van der Waals surface area contributed by atoms with Gasteiger partial charge in [-0.2, -0.15) is 0 Å². The first-order chi connectivity index (χ1) is 9.54. The average Bonchev–Trinajstić information content (AvgIpc) is 3.10. The summed E-state index contributed by atoms with van der Waals surface area (Å²) in [6.45, 7) is 2.76. The molecule has 20 heavy (non-hydrogen) atoms. The zero-order valence-corrected chi connectivity index (χ0v) is 11.9. The smallest absolute Gasteiger partial charge is 0.322 e. The van der Waals surface area contributed by atoms with Crippen LogP contribution >= 0.6 is 11.3 Å². The molecular formula is C13H15N3O3S. The van der Waals surface area contributed by atoms with Crippen LogP contribution in [0.5, 0.6) is 0 Å². The van der Waals surface area contributed by atoms with E-state index in [-0.39, 0.29) is 18.4 Å². The lowest BCUT2D eigenvalue weighted by Crippen LogP contribution is -2.49. The highest BCUT2D eigenvalue weighted by Crippen LogP contribution is 2.27.